The van der Waals surface area contributed by atoms with Crippen molar-refractivity contribution in [3.8, 4) is 0 Å². The predicted molar refractivity (Wildman–Crippen MR) is 176 cm³/mol. The number of esters is 1. The van der Waals surface area contributed by atoms with Crippen LogP contribution in [-0.4, -0.2) is 77.5 Å². The number of hydrogen-bond donors (Lipinski definition) is 2. The van der Waals surface area contributed by atoms with Crippen LogP contribution in [0.1, 0.15) is 80.6 Å². The molecule has 1 spiro atoms. The Labute approximate surface area is 274 Å². The van der Waals surface area contributed by atoms with Crippen LogP contribution in [0.4, 0.5) is 0 Å². The van der Waals surface area contributed by atoms with E-state index in [1.54, 1.807) is 20.1 Å². The van der Waals surface area contributed by atoms with E-state index < -0.39 is 41.6 Å². The van der Waals surface area contributed by atoms with Crippen LogP contribution in [0.25, 0.3) is 0 Å². The van der Waals surface area contributed by atoms with Crippen molar-refractivity contribution in [2.75, 3.05) is 13.7 Å². The number of oxime groups is 1. The van der Waals surface area contributed by atoms with Crippen molar-refractivity contribution in [1.82, 2.24) is 0 Å². The Morgan fingerprint density at radius 1 is 1.20 bits per heavy atom. The molecule has 0 aromatic carbocycles. The molecular formula is C37H53NO8. The standard InChI is InChI=1S/C37H53NO8/c1-21(2)14-25(6)33-26(7)31(38-42-8)19-36(46-33)18-29-17-28(45-36)13-12-23(4)15-22(3)10-9-11-27-20-43-34-32(39)24(5)16-30(35(40)44-29)37(27,34)41/h9-12,14,16,21-22,26,28-30,32-34,39,41H,13,15,17-20H2,1-8H3/b10-9+,23-12+,25-14+,27-11+,38-31+/t22-,26-,28+,29-,30-,32+,33?,34-,36+,37+/m1/s1. The number of rotatable bonds is 3. The molecule has 1 aliphatic carbocycles. The van der Waals surface area contributed by atoms with Crippen LogP contribution in [0.2, 0.25) is 0 Å². The summed E-state index contributed by atoms with van der Waals surface area (Å²) in [6, 6.07) is 0. The Hall–Kier alpha value is -2.56. The molecule has 5 aliphatic rings. The van der Waals surface area contributed by atoms with Gasteiger partial charge in [0.1, 0.15) is 36.9 Å². The van der Waals surface area contributed by atoms with Crippen molar-refractivity contribution >= 4 is 11.7 Å². The number of ether oxygens (including phenoxy) is 4. The Kier molecular flexibility index (Phi) is 10.5. The molecule has 2 bridgehead atoms. The second kappa shape index (κ2) is 13.9. The van der Waals surface area contributed by atoms with E-state index in [4.69, 9.17) is 23.8 Å². The Bertz CT molecular complexity index is 1340. The highest BCUT2D eigenvalue weighted by molar-refractivity contribution is 5.88. The van der Waals surface area contributed by atoms with Crippen LogP contribution in [0.3, 0.4) is 0 Å². The third-order valence-electron chi connectivity index (χ3n) is 10.1. The summed E-state index contributed by atoms with van der Waals surface area (Å²) in [6.45, 7) is 14.6. The van der Waals surface area contributed by atoms with Gasteiger partial charge >= 0.3 is 5.97 Å². The summed E-state index contributed by atoms with van der Waals surface area (Å²) in [6.07, 6.45) is 11.4. The van der Waals surface area contributed by atoms with Gasteiger partial charge in [-0.05, 0) is 62.2 Å². The average molecular weight is 640 g/mol. The molecule has 9 heteroatoms. The summed E-state index contributed by atoms with van der Waals surface area (Å²) in [5.41, 5.74) is 2.54. The predicted octanol–water partition coefficient (Wildman–Crippen LogP) is 5.73. The molecule has 10 atom stereocenters. The highest BCUT2D eigenvalue weighted by atomic mass is 16.7. The van der Waals surface area contributed by atoms with Gasteiger partial charge in [-0.15, -0.1) is 0 Å². The van der Waals surface area contributed by atoms with Gasteiger partial charge in [0.15, 0.2) is 5.79 Å². The molecule has 3 saturated heterocycles. The fourth-order valence-corrected chi connectivity index (χ4v) is 7.94. The molecule has 0 saturated carbocycles. The molecular weight excluding hydrogens is 586 g/mol. The maximum Gasteiger partial charge on any atom is 0.316 e. The number of aliphatic hydroxyl groups excluding tert-OH is 1. The van der Waals surface area contributed by atoms with E-state index in [-0.39, 0.29) is 30.7 Å². The van der Waals surface area contributed by atoms with Crippen molar-refractivity contribution in [2.24, 2.45) is 28.8 Å². The van der Waals surface area contributed by atoms with Gasteiger partial charge in [-0.1, -0.05) is 74.9 Å². The van der Waals surface area contributed by atoms with Crippen LogP contribution < -0.4 is 0 Å². The third-order valence-corrected chi connectivity index (χ3v) is 10.1. The summed E-state index contributed by atoms with van der Waals surface area (Å²) in [5, 5.41) is 27.6. The molecule has 0 aromatic rings. The minimum Gasteiger partial charge on any atom is -0.462 e. The number of carbonyl (C=O) groups is 1. The molecule has 3 fully saturated rings. The fourth-order valence-electron chi connectivity index (χ4n) is 7.94. The lowest BCUT2D eigenvalue weighted by molar-refractivity contribution is -0.313. The van der Waals surface area contributed by atoms with Crippen molar-refractivity contribution < 1.29 is 38.8 Å². The van der Waals surface area contributed by atoms with Crippen LogP contribution in [0, 0.1) is 23.7 Å². The first-order chi connectivity index (χ1) is 21.8. The van der Waals surface area contributed by atoms with E-state index in [0.717, 1.165) is 17.7 Å². The number of aliphatic hydroxyl groups is 2. The minimum absolute atomic E-state index is 0.0340. The first-order valence-electron chi connectivity index (χ1n) is 16.8. The molecule has 46 heavy (non-hydrogen) atoms. The second-order valence-electron chi connectivity index (χ2n) is 14.5. The summed E-state index contributed by atoms with van der Waals surface area (Å²) in [4.78, 5) is 19.4. The Balaban J connectivity index is 1.55. The van der Waals surface area contributed by atoms with Gasteiger partial charge < -0.3 is 34.0 Å². The molecule has 1 unspecified atom stereocenters. The van der Waals surface area contributed by atoms with Gasteiger partial charge in [-0.2, -0.15) is 0 Å². The molecule has 0 radical (unpaired) electrons. The Morgan fingerprint density at radius 2 is 1.96 bits per heavy atom. The first-order valence-corrected chi connectivity index (χ1v) is 16.8. The van der Waals surface area contributed by atoms with Crippen molar-refractivity contribution in [1.29, 1.82) is 0 Å². The van der Waals surface area contributed by atoms with Gasteiger partial charge in [0.2, 0.25) is 0 Å². The summed E-state index contributed by atoms with van der Waals surface area (Å²) in [7, 11) is 1.55. The van der Waals surface area contributed by atoms with Gasteiger partial charge in [-0.3, -0.25) is 4.79 Å². The zero-order valence-electron chi connectivity index (χ0n) is 28.7. The normalized spacial score (nSPS) is 44.5. The molecule has 0 aromatic heterocycles. The monoisotopic (exact) mass is 639 g/mol. The summed E-state index contributed by atoms with van der Waals surface area (Å²) >= 11 is 0. The van der Waals surface area contributed by atoms with E-state index in [0.29, 0.717) is 42.7 Å². The van der Waals surface area contributed by atoms with Crippen molar-refractivity contribution in [2.45, 2.75) is 122 Å². The fraction of sp³-hybridized carbons (Fsp3) is 0.676. The van der Waals surface area contributed by atoms with Gasteiger partial charge in [0.05, 0.1) is 24.5 Å². The zero-order valence-corrected chi connectivity index (χ0v) is 28.7. The lowest BCUT2D eigenvalue weighted by Gasteiger charge is -2.50. The molecule has 4 aliphatic heterocycles. The first kappa shape index (κ1) is 34.8. The SMILES string of the molecule is CO/N=C1\C[C@]2(C[C@H]3C[C@H](C/C=C(\C)C[C@H](C)/C=C/C=C4\CO[C@@H]5[C@@H](O)C(C)=C[C@H](C(=O)O3)[C@@]45O)O2)OC(/C(C)=C/C(C)C)[C@@H]1C. The lowest BCUT2D eigenvalue weighted by Crippen LogP contribution is -2.59. The van der Waals surface area contributed by atoms with E-state index in [1.807, 2.05) is 12.2 Å². The van der Waals surface area contributed by atoms with Gasteiger partial charge in [0, 0.05) is 25.2 Å². The van der Waals surface area contributed by atoms with Crippen LogP contribution in [0.15, 0.2) is 63.9 Å². The van der Waals surface area contributed by atoms with Gasteiger partial charge in [0.25, 0.3) is 0 Å². The highest BCUT2D eigenvalue weighted by Gasteiger charge is 2.60. The third kappa shape index (κ3) is 6.99. The maximum atomic E-state index is 14.2. The molecule has 0 amide bonds. The topological polar surface area (TPSA) is 116 Å². The van der Waals surface area contributed by atoms with E-state index in [2.05, 4.69) is 64.9 Å². The minimum atomic E-state index is -1.74. The molecule has 4 heterocycles. The van der Waals surface area contributed by atoms with E-state index in [1.165, 1.54) is 5.57 Å². The molecule has 254 valence electrons. The molecule has 9 nitrogen and oxygen atoms in total. The summed E-state index contributed by atoms with van der Waals surface area (Å²) in [5.74, 6) is -2.15. The summed E-state index contributed by atoms with van der Waals surface area (Å²) < 4.78 is 26.0. The second-order valence-corrected chi connectivity index (χ2v) is 14.5. The number of nitrogens with zero attached hydrogens (tertiary/aromatic N) is 1. The van der Waals surface area contributed by atoms with E-state index >= 15 is 0 Å². The number of fused-ring (bicyclic) bond motifs is 2. The van der Waals surface area contributed by atoms with Crippen LogP contribution in [-0.2, 0) is 28.6 Å². The number of carbonyl (C=O) groups excluding carboxylic acids is 1. The van der Waals surface area contributed by atoms with Crippen LogP contribution >= 0.6 is 0 Å². The quantitative estimate of drug-likeness (QED) is 0.229. The van der Waals surface area contributed by atoms with Crippen LogP contribution in [0.5, 0.6) is 0 Å². The maximum absolute atomic E-state index is 14.2. The number of allylic oxidation sites excluding steroid dienone is 5. The number of hydrogen-bond acceptors (Lipinski definition) is 9. The average Bonchev–Trinajstić information content (AvgIpc) is 3.31. The van der Waals surface area contributed by atoms with Crippen molar-refractivity contribution in [3.05, 3.63) is 58.7 Å². The lowest BCUT2D eigenvalue weighted by atomic mass is 9.71. The highest BCUT2D eigenvalue weighted by Crippen LogP contribution is 2.47. The molecule has 2 N–H and O–H groups in total. The largest absolute Gasteiger partial charge is 0.462 e. The van der Waals surface area contributed by atoms with Gasteiger partial charge in [-0.25, -0.2) is 0 Å². The Morgan fingerprint density at radius 3 is 2.67 bits per heavy atom. The zero-order chi connectivity index (χ0) is 33.4. The smallest absolute Gasteiger partial charge is 0.316 e. The van der Waals surface area contributed by atoms with Crippen molar-refractivity contribution in [3.63, 3.8) is 0 Å². The van der Waals surface area contributed by atoms with E-state index in [9.17, 15) is 15.0 Å². The molecule has 5 rings (SSSR count).